The minimum atomic E-state index is 0.973. The maximum atomic E-state index is 5.60. The first-order chi connectivity index (χ1) is 8.91. The molecule has 0 atom stereocenters. The van der Waals surface area contributed by atoms with Crippen LogP contribution >= 0.6 is 22.6 Å². The Labute approximate surface area is 129 Å². The quantitative estimate of drug-likeness (QED) is 0.192. The van der Waals surface area contributed by atoms with Crippen LogP contribution in [0.15, 0.2) is 0 Å². The number of ether oxygens (including phenoxy) is 1. The van der Waals surface area contributed by atoms with Crippen LogP contribution in [0.3, 0.4) is 0 Å². The van der Waals surface area contributed by atoms with Crippen LogP contribution in [0.1, 0.15) is 84.0 Å². The zero-order valence-corrected chi connectivity index (χ0v) is 14.6. The second kappa shape index (κ2) is 17.7. The lowest BCUT2D eigenvalue weighted by Crippen LogP contribution is -1.97. The number of alkyl halides is 1. The minimum absolute atomic E-state index is 0.973. The van der Waals surface area contributed by atoms with Crippen molar-refractivity contribution in [2.24, 2.45) is 0 Å². The molecule has 0 aromatic heterocycles. The Morgan fingerprint density at radius 3 is 1.56 bits per heavy atom. The van der Waals surface area contributed by atoms with E-state index in [0.717, 1.165) is 13.2 Å². The standard InChI is InChI=1S/C16H33IO/c1-2-3-4-5-6-7-8-9-10-12-15-18-16-13-11-14-17/h2-16H2,1H3. The smallest absolute Gasteiger partial charge is 0.0466 e. The van der Waals surface area contributed by atoms with Gasteiger partial charge in [0, 0.05) is 13.2 Å². The summed E-state index contributed by atoms with van der Waals surface area (Å²) in [6.07, 6.45) is 16.6. The number of hydrogen-bond donors (Lipinski definition) is 0. The molecule has 0 fully saturated rings. The molecule has 0 aromatic carbocycles. The van der Waals surface area contributed by atoms with Crippen molar-refractivity contribution in [1.29, 1.82) is 0 Å². The third-order valence-corrected chi connectivity index (χ3v) is 4.08. The topological polar surface area (TPSA) is 9.23 Å². The van der Waals surface area contributed by atoms with E-state index in [9.17, 15) is 0 Å². The minimum Gasteiger partial charge on any atom is -0.381 e. The zero-order chi connectivity index (χ0) is 13.3. The first-order valence-electron chi connectivity index (χ1n) is 8.05. The molecule has 0 rings (SSSR count). The van der Waals surface area contributed by atoms with E-state index in [-0.39, 0.29) is 0 Å². The Morgan fingerprint density at radius 1 is 0.611 bits per heavy atom. The van der Waals surface area contributed by atoms with E-state index in [1.807, 2.05) is 0 Å². The van der Waals surface area contributed by atoms with E-state index in [0.29, 0.717) is 0 Å². The molecule has 0 heterocycles. The molecule has 0 amide bonds. The molecule has 0 spiro atoms. The summed E-state index contributed by atoms with van der Waals surface area (Å²) in [7, 11) is 0. The summed E-state index contributed by atoms with van der Waals surface area (Å²) in [5.74, 6) is 0. The van der Waals surface area contributed by atoms with Crippen molar-refractivity contribution in [3.05, 3.63) is 0 Å². The molecular weight excluding hydrogens is 335 g/mol. The monoisotopic (exact) mass is 368 g/mol. The number of hydrogen-bond acceptors (Lipinski definition) is 1. The highest BCUT2D eigenvalue weighted by molar-refractivity contribution is 14.1. The molecule has 18 heavy (non-hydrogen) atoms. The number of halogens is 1. The van der Waals surface area contributed by atoms with Gasteiger partial charge in [0.05, 0.1) is 0 Å². The molecule has 0 unspecified atom stereocenters. The van der Waals surface area contributed by atoms with Crippen LogP contribution in [0.5, 0.6) is 0 Å². The van der Waals surface area contributed by atoms with Crippen LogP contribution in [-0.4, -0.2) is 17.6 Å². The second-order valence-electron chi connectivity index (χ2n) is 5.19. The highest BCUT2D eigenvalue weighted by atomic mass is 127. The third-order valence-electron chi connectivity index (χ3n) is 3.31. The molecule has 0 bridgehead atoms. The first-order valence-corrected chi connectivity index (χ1v) is 9.58. The molecule has 0 aliphatic carbocycles. The van der Waals surface area contributed by atoms with Gasteiger partial charge in [0.15, 0.2) is 0 Å². The molecule has 0 aromatic rings. The van der Waals surface area contributed by atoms with Gasteiger partial charge in [-0.25, -0.2) is 0 Å². The summed E-state index contributed by atoms with van der Waals surface area (Å²) in [6, 6.07) is 0. The molecule has 1 nitrogen and oxygen atoms in total. The van der Waals surface area contributed by atoms with Crippen molar-refractivity contribution in [3.63, 3.8) is 0 Å². The SMILES string of the molecule is CCCCCCCCCCCCOCCCCI. The maximum absolute atomic E-state index is 5.60. The number of unbranched alkanes of at least 4 members (excludes halogenated alkanes) is 10. The van der Waals surface area contributed by atoms with Gasteiger partial charge >= 0.3 is 0 Å². The van der Waals surface area contributed by atoms with Gasteiger partial charge in [-0.15, -0.1) is 0 Å². The summed E-state index contributed by atoms with van der Waals surface area (Å²) in [4.78, 5) is 0. The van der Waals surface area contributed by atoms with Crippen LogP contribution in [0.4, 0.5) is 0 Å². The Kier molecular flexibility index (Phi) is 18.4. The Hall–Kier alpha value is 0.690. The Balaban J connectivity index is 2.86. The molecule has 2 heteroatoms. The van der Waals surface area contributed by atoms with Crippen molar-refractivity contribution >= 4 is 22.6 Å². The lowest BCUT2D eigenvalue weighted by atomic mass is 10.1. The summed E-state index contributed by atoms with van der Waals surface area (Å²) in [5.41, 5.74) is 0. The normalized spacial score (nSPS) is 11.0. The van der Waals surface area contributed by atoms with Crippen LogP contribution in [0.2, 0.25) is 0 Å². The van der Waals surface area contributed by atoms with Crippen molar-refractivity contribution in [2.75, 3.05) is 17.6 Å². The van der Waals surface area contributed by atoms with Crippen LogP contribution in [0, 0.1) is 0 Å². The van der Waals surface area contributed by atoms with Gasteiger partial charge in [-0.05, 0) is 23.7 Å². The molecule has 0 N–H and O–H groups in total. The Bertz CT molecular complexity index is 123. The third kappa shape index (κ3) is 16.7. The van der Waals surface area contributed by atoms with Crippen molar-refractivity contribution in [1.82, 2.24) is 0 Å². The van der Waals surface area contributed by atoms with Crippen molar-refractivity contribution in [3.8, 4) is 0 Å². The van der Waals surface area contributed by atoms with E-state index < -0.39 is 0 Å². The summed E-state index contributed by atoms with van der Waals surface area (Å²) in [6.45, 7) is 4.24. The molecule has 0 aliphatic rings. The predicted molar refractivity (Wildman–Crippen MR) is 90.8 cm³/mol. The molecule has 0 aliphatic heterocycles. The van der Waals surface area contributed by atoms with E-state index in [1.165, 1.54) is 81.5 Å². The van der Waals surface area contributed by atoms with E-state index in [2.05, 4.69) is 29.5 Å². The van der Waals surface area contributed by atoms with E-state index in [4.69, 9.17) is 4.74 Å². The van der Waals surface area contributed by atoms with Crippen LogP contribution in [-0.2, 0) is 4.74 Å². The van der Waals surface area contributed by atoms with Gasteiger partial charge in [-0.1, -0.05) is 87.3 Å². The molecular formula is C16H33IO. The number of rotatable bonds is 15. The average Bonchev–Trinajstić information content (AvgIpc) is 2.39. The second-order valence-corrected chi connectivity index (χ2v) is 6.27. The van der Waals surface area contributed by atoms with Crippen molar-refractivity contribution in [2.45, 2.75) is 84.0 Å². The summed E-state index contributed by atoms with van der Waals surface area (Å²) >= 11 is 2.43. The molecule has 110 valence electrons. The fourth-order valence-electron chi connectivity index (χ4n) is 2.09. The maximum Gasteiger partial charge on any atom is 0.0466 e. The van der Waals surface area contributed by atoms with Gasteiger partial charge in [0.1, 0.15) is 0 Å². The lowest BCUT2D eigenvalue weighted by Gasteiger charge is -2.04. The van der Waals surface area contributed by atoms with Crippen molar-refractivity contribution < 1.29 is 4.74 Å². The fourth-order valence-corrected chi connectivity index (χ4v) is 2.63. The predicted octanol–water partition coefficient (Wildman–Crippen LogP) is 6.14. The summed E-state index contributed by atoms with van der Waals surface area (Å²) < 4.78 is 6.87. The lowest BCUT2D eigenvalue weighted by molar-refractivity contribution is 0.127. The molecule has 0 saturated carbocycles. The largest absolute Gasteiger partial charge is 0.381 e. The van der Waals surface area contributed by atoms with Gasteiger partial charge in [0.2, 0.25) is 0 Å². The Morgan fingerprint density at radius 2 is 1.06 bits per heavy atom. The highest BCUT2D eigenvalue weighted by Crippen LogP contribution is 2.10. The van der Waals surface area contributed by atoms with Gasteiger partial charge in [-0.2, -0.15) is 0 Å². The van der Waals surface area contributed by atoms with Gasteiger partial charge in [-0.3, -0.25) is 0 Å². The molecule has 0 radical (unpaired) electrons. The first kappa shape index (κ1) is 18.7. The zero-order valence-electron chi connectivity index (χ0n) is 12.4. The van der Waals surface area contributed by atoms with Crippen LogP contribution < -0.4 is 0 Å². The average molecular weight is 368 g/mol. The highest BCUT2D eigenvalue weighted by Gasteiger charge is 1.93. The van der Waals surface area contributed by atoms with E-state index >= 15 is 0 Å². The van der Waals surface area contributed by atoms with Crippen LogP contribution in [0.25, 0.3) is 0 Å². The summed E-state index contributed by atoms with van der Waals surface area (Å²) in [5, 5.41) is 0. The van der Waals surface area contributed by atoms with Gasteiger partial charge in [0.25, 0.3) is 0 Å². The fraction of sp³-hybridized carbons (Fsp3) is 1.00. The van der Waals surface area contributed by atoms with Gasteiger partial charge < -0.3 is 4.74 Å². The molecule has 0 saturated heterocycles. The van der Waals surface area contributed by atoms with E-state index in [1.54, 1.807) is 0 Å².